The molecule has 0 fully saturated rings. The summed E-state index contributed by atoms with van der Waals surface area (Å²) in [5, 5.41) is 6.92. The maximum Gasteiger partial charge on any atom is 0.270 e. The third-order valence-electron chi connectivity index (χ3n) is 3.59. The summed E-state index contributed by atoms with van der Waals surface area (Å²) in [5.74, 6) is 0.782. The van der Waals surface area contributed by atoms with Gasteiger partial charge < -0.3 is 11.1 Å². The minimum Gasteiger partial charge on any atom is -0.368 e. The number of anilines is 1. The van der Waals surface area contributed by atoms with Crippen molar-refractivity contribution < 1.29 is 4.79 Å². The standard InChI is InChI=1S/C17H20N8O/c1-11(2)6-13-7-14(24-17(18)23-13)16(26)21-8-12-4-3-5-20-15(12)25-10-19-9-22-25/h3-5,7,9-11H,6,8H2,1-2H3,(H,21,26)(H2,18,23,24). The van der Waals surface area contributed by atoms with Crippen LogP contribution in [0.4, 0.5) is 5.95 Å². The number of hydrogen-bond acceptors (Lipinski definition) is 7. The van der Waals surface area contributed by atoms with Crippen LogP contribution in [0.1, 0.15) is 35.6 Å². The minimum absolute atomic E-state index is 0.0954. The van der Waals surface area contributed by atoms with Gasteiger partial charge in [-0.2, -0.15) is 5.10 Å². The number of nitrogens with zero attached hydrogens (tertiary/aromatic N) is 6. The summed E-state index contributed by atoms with van der Waals surface area (Å²) in [5.41, 5.74) is 7.54. The SMILES string of the molecule is CC(C)Cc1cc(C(=O)NCc2cccnc2-n2cncn2)nc(N)n1. The van der Waals surface area contributed by atoms with Crippen LogP contribution in [-0.4, -0.2) is 35.6 Å². The van der Waals surface area contributed by atoms with Crippen molar-refractivity contribution in [1.29, 1.82) is 0 Å². The van der Waals surface area contributed by atoms with Gasteiger partial charge >= 0.3 is 0 Å². The van der Waals surface area contributed by atoms with Gasteiger partial charge in [-0.25, -0.2) is 24.6 Å². The van der Waals surface area contributed by atoms with Crippen LogP contribution in [0.2, 0.25) is 0 Å². The first-order valence-corrected chi connectivity index (χ1v) is 8.23. The highest BCUT2D eigenvalue weighted by Gasteiger charge is 2.13. The second kappa shape index (κ2) is 7.68. The molecule has 0 atom stereocenters. The molecule has 0 bridgehead atoms. The van der Waals surface area contributed by atoms with Gasteiger partial charge in [-0.05, 0) is 24.5 Å². The smallest absolute Gasteiger partial charge is 0.270 e. The molecule has 0 aliphatic rings. The van der Waals surface area contributed by atoms with E-state index < -0.39 is 0 Å². The molecule has 1 amide bonds. The Morgan fingerprint density at radius 3 is 2.92 bits per heavy atom. The predicted octanol–water partition coefficient (Wildman–Crippen LogP) is 1.16. The highest BCUT2D eigenvalue weighted by atomic mass is 16.1. The van der Waals surface area contributed by atoms with E-state index in [1.165, 1.54) is 6.33 Å². The number of pyridine rings is 1. The lowest BCUT2D eigenvalue weighted by Crippen LogP contribution is -2.25. The lowest BCUT2D eigenvalue weighted by atomic mass is 10.1. The van der Waals surface area contributed by atoms with Crippen molar-refractivity contribution in [2.75, 3.05) is 5.73 Å². The fourth-order valence-electron chi connectivity index (χ4n) is 2.52. The van der Waals surface area contributed by atoms with Gasteiger partial charge in [0, 0.05) is 24.0 Å². The zero-order chi connectivity index (χ0) is 18.5. The molecular formula is C17H20N8O. The molecule has 9 nitrogen and oxygen atoms in total. The van der Waals surface area contributed by atoms with Crippen molar-refractivity contribution in [2.24, 2.45) is 5.92 Å². The minimum atomic E-state index is -0.322. The van der Waals surface area contributed by atoms with Crippen molar-refractivity contribution in [2.45, 2.75) is 26.8 Å². The van der Waals surface area contributed by atoms with Gasteiger partial charge in [-0.15, -0.1) is 0 Å². The Bertz CT molecular complexity index is 892. The van der Waals surface area contributed by atoms with Crippen LogP contribution in [0.15, 0.2) is 37.1 Å². The molecule has 0 radical (unpaired) electrons. The Labute approximate surface area is 150 Å². The van der Waals surface area contributed by atoms with Crippen LogP contribution < -0.4 is 11.1 Å². The first kappa shape index (κ1) is 17.5. The molecule has 0 unspecified atom stereocenters. The summed E-state index contributed by atoms with van der Waals surface area (Å²) >= 11 is 0. The lowest BCUT2D eigenvalue weighted by Gasteiger charge is -2.10. The monoisotopic (exact) mass is 352 g/mol. The largest absolute Gasteiger partial charge is 0.368 e. The normalized spacial score (nSPS) is 10.9. The fourth-order valence-corrected chi connectivity index (χ4v) is 2.52. The number of carbonyl (C=O) groups excluding carboxylic acids is 1. The molecule has 0 aliphatic heterocycles. The molecular weight excluding hydrogens is 332 g/mol. The maximum absolute atomic E-state index is 12.5. The molecule has 3 aromatic heterocycles. The van der Waals surface area contributed by atoms with Crippen LogP contribution >= 0.6 is 0 Å². The second-order valence-corrected chi connectivity index (χ2v) is 6.21. The zero-order valence-corrected chi connectivity index (χ0v) is 14.6. The van der Waals surface area contributed by atoms with E-state index in [4.69, 9.17) is 5.73 Å². The summed E-state index contributed by atoms with van der Waals surface area (Å²) in [7, 11) is 0. The van der Waals surface area contributed by atoms with E-state index >= 15 is 0 Å². The Kier molecular flexibility index (Phi) is 5.16. The quantitative estimate of drug-likeness (QED) is 0.682. The van der Waals surface area contributed by atoms with Gasteiger partial charge in [0.15, 0.2) is 5.82 Å². The van der Waals surface area contributed by atoms with Crippen molar-refractivity contribution in [3.8, 4) is 5.82 Å². The van der Waals surface area contributed by atoms with Crippen LogP contribution in [0.25, 0.3) is 5.82 Å². The number of nitrogen functional groups attached to an aromatic ring is 1. The van der Waals surface area contributed by atoms with Crippen LogP contribution in [0.3, 0.4) is 0 Å². The Morgan fingerprint density at radius 1 is 1.35 bits per heavy atom. The third-order valence-corrected chi connectivity index (χ3v) is 3.59. The molecule has 134 valence electrons. The lowest BCUT2D eigenvalue weighted by molar-refractivity contribution is 0.0945. The average molecular weight is 352 g/mol. The van der Waals surface area contributed by atoms with Crippen molar-refractivity contribution in [1.82, 2.24) is 35.0 Å². The van der Waals surface area contributed by atoms with Gasteiger partial charge in [0.1, 0.15) is 18.3 Å². The molecule has 0 aliphatic carbocycles. The van der Waals surface area contributed by atoms with E-state index in [-0.39, 0.29) is 24.1 Å². The number of aromatic nitrogens is 6. The Morgan fingerprint density at radius 2 is 2.19 bits per heavy atom. The van der Waals surface area contributed by atoms with Crippen LogP contribution in [0, 0.1) is 5.92 Å². The molecule has 26 heavy (non-hydrogen) atoms. The highest BCUT2D eigenvalue weighted by molar-refractivity contribution is 5.92. The summed E-state index contributed by atoms with van der Waals surface area (Å²) in [6.45, 7) is 4.42. The number of amides is 1. The third kappa shape index (κ3) is 4.18. The van der Waals surface area contributed by atoms with Gasteiger partial charge in [0.2, 0.25) is 5.95 Å². The number of rotatable bonds is 6. The molecule has 0 aromatic carbocycles. The molecule has 3 heterocycles. The maximum atomic E-state index is 12.5. The van der Waals surface area contributed by atoms with Crippen LogP contribution in [-0.2, 0) is 13.0 Å². The van der Waals surface area contributed by atoms with E-state index in [2.05, 4.69) is 44.2 Å². The van der Waals surface area contributed by atoms with Crippen LogP contribution in [0.5, 0.6) is 0 Å². The van der Waals surface area contributed by atoms with Crippen molar-refractivity contribution in [3.05, 3.63) is 54.0 Å². The van der Waals surface area contributed by atoms with Gasteiger partial charge in [-0.3, -0.25) is 4.79 Å². The predicted molar refractivity (Wildman–Crippen MR) is 95.3 cm³/mol. The van der Waals surface area contributed by atoms with Gasteiger partial charge in [0.05, 0.1) is 0 Å². The molecule has 3 aromatic rings. The summed E-state index contributed by atoms with van der Waals surface area (Å²) in [6, 6.07) is 5.33. The van der Waals surface area contributed by atoms with Gasteiger partial charge in [0.25, 0.3) is 5.91 Å². The molecule has 0 saturated heterocycles. The first-order valence-electron chi connectivity index (χ1n) is 8.23. The van der Waals surface area contributed by atoms with E-state index in [1.807, 2.05) is 6.07 Å². The number of hydrogen-bond donors (Lipinski definition) is 2. The average Bonchev–Trinajstić information content (AvgIpc) is 3.13. The topological polar surface area (TPSA) is 124 Å². The molecule has 0 spiro atoms. The van der Waals surface area contributed by atoms with Crippen molar-refractivity contribution >= 4 is 11.9 Å². The van der Waals surface area contributed by atoms with E-state index in [0.717, 1.165) is 17.7 Å². The van der Waals surface area contributed by atoms with E-state index in [1.54, 1.807) is 29.3 Å². The summed E-state index contributed by atoms with van der Waals surface area (Å²) < 4.78 is 1.55. The van der Waals surface area contributed by atoms with Gasteiger partial charge in [-0.1, -0.05) is 19.9 Å². The molecule has 9 heteroatoms. The van der Waals surface area contributed by atoms with E-state index in [9.17, 15) is 4.79 Å². The number of nitrogens with two attached hydrogens (primary N) is 1. The summed E-state index contributed by atoms with van der Waals surface area (Å²) in [6.07, 6.45) is 5.37. The van der Waals surface area contributed by atoms with Crippen molar-refractivity contribution in [3.63, 3.8) is 0 Å². The first-order chi connectivity index (χ1) is 12.5. The van der Waals surface area contributed by atoms with E-state index in [0.29, 0.717) is 11.7 Å². The second-order valence-electron chi connectivity index (χ2n) is 6.21. The zero-order valence-electron chi connectivity index (χ0n) is 14.6. The molecule has 3 N–H and O–H groups in total. The number of nitrogens with one attached hydrogen (secondary N) is 1. The Hall–Kier alpha value is -3.36. The fraction of sp³-hybridized carbons (Fsp3) is 0.294. The molecule has 0 saturated carbocycles. The Balaban J connectivity index is 1.75. The molecule has 3 rings (SSSR count). The summed E-state index contributed by atoms with van der Waals surface area (Å²) in [4.78, 5) is 28.9. The highest BCUT2D eigenvalue weighted by Crippen LogP contribution is 2.11. The number of carbonyl (C=O) groups is 1.